The third-order valence-electron chi connectivity index (χ3n) is 4.60. The number of fused-ring (bicyclic) bond motifs is 5. The van der Waals surface area contributed by atoms with Crippen LogP contribution in [0.5, 0.6) is 5.75 Å². The number of carbonyl (C=O) groups excluding carboxylic acids is 1. The predicted octanol–water partition coefficient (Wildman–Crippen LogP) is 3.98. The second-order valence-electron chi connectivity index (χ2n) is 5.97. The number of phenols is 1. The number of benzene rings is 2. The zero-order chi connectivity index (χ0) is 16.7. The summed E-state index contributed by atoms with van der Waals surface area (Å²) in [7, 11) is 0. The molecule has 0 saturated heterocycles. The van der Waals surface area contributed by atoms with Crippen LogP contribution in [-0.4, -0.2) is 28.7 Å². The maximum atomic E-state index is 12.9. The van der Waals surface area contributed by atoms with E-state index >= 15 is 0 Å². The smallest absolute Gasteiger partial charge is 0.196 e. The van der Waals surface area contributed by atoms with Gasteiger partial charge in [0.15, 0.2) is 5.78 Å². The Hall–Kier alpha value is -2.59. The van der Waals surface area contributed by atoms with Crippen molar-refractivity contribution in [1.29, 1.82) is 0 Å². The second-order valence-corrected chi connectivity index (χ2v) is 5.97. The van der Waals surface area contributed by atoms with Crippen molar-refractivity contribution in [2.75, 3.05) is 13.2 Å². The van der Waals surface area contributed by atoms with Gasteiger partial charge in [-0.15, -0.1) is 0 Å². The minimum atomic E-state index is -0.00402. The number of aromatic nitrogens is 1. The van der Waals surface area contributed by atoms with Crippen molar-refractivity contribution in [2.45, 2.75) is 19.9 Å². The summed E-state index contributed by atoms with van der Waals surface area (Å²) in [5.74, 6) is 0.157. The molecule has 0 aliphatic heterocycles. The first-order valence-electron chi connectivity index (χ1n) is 8.30. The summed E-state index contributed by atoms with van der Waals surface area (Å²) < 4.78 is 7.59. The summed E-state index contributed by atoms with van der Waals surface area (Å²) in [5, 5.41) is 11.0. The van der Waals surface area contributed by atoms with Crippen molar-refractivity contribution >= 4 is 16.7 Å². The van der Waals surface area contributed by atoms with Crippen molar-refractivity contribution in [3.8, 4) is 17.0 Å². The van der Waals surface area contributed by atoms with Crippen molar-refractivity contribution in [1.82, 2.24) is 4.57 Å². The van der Waals surface area contributed by atoms with Gasteiger partial charge in [-0.1, -0.05) is 30.3 Å². The number of ketones is 1. The van der Waals surface area contributed by atoms with E-state index in [4.69, 9.17) is 4.74 Å². The maximum absolute atomic E-state index is 12.9. The molecule has 0 radical (unpaired) electrons. The Morgan fingerprint density at radius 3 is 2.67 bits per heavy atom. The monoisotopic (exact) mass is 321 g/mol. The van der Waals surface area contributed by atoms with E-state index in [1.165, 1.54) is 0 Å². The lowest BCUT2D eigenvalue weighted by Crippen LogP contribution is -2.04. The zero-order valence-electron chi connectivity index (χ0n) is 13.6. The molecule has 0 saturated carbocycles. The van der Waals surface area contributed by atoms with Crippen LogP contribution in [0.3, 0.4) is 0 Å². The van der Waals surface area contributed by atoms with E-state index in [0.717, 1.165) is 29.7 Å². The van der Waals surface area contributed by atoms with Gasteiger partial charge in [-0.05, 0) is 25.5 Å². The second kappa shape index (κ2) is 5.80. The lowest BCUT2D eigenvalue weighted by molar-refractivity contribution is 0.104. The normalized spacial score (nSPS) is 12.6. The van der Waals surface area contributed by atoms with Gasteiger partial charge in [0.25, 0.3) is 0 Å². The van der Waals surface area contributed by atoms with Gasteiger partial charge in [0.2, 0.25) is 0 Å². The molecule has 0 bridgehead atoms. The van der Waals surface area contributed by atoms with E-state index in [1.54, 1.807) is 6.07 Å². The van der Waals surface area contributed by atoms with E-state index in [0.29, 0.717) is 29.7 Å². The van der Waals surface area contributed by atoms with Gasteiger partial charge in [0.1, 0.15) is 5.75 Å². The Morgan fingerprint density at radius 2 is 1.88 bits per heavy atom. The molecular weight excluding hydrogens is 302 g/mol. The Morgan fingerprint density at radius 1 is 1.08 bits per heavy atom. The number of nitrogens with zero attached hydrogens (tertiary/aromatic N) is 1. The van der Waals surface area contributed by atoms with Crippen LogP contribution >= 0.6 is 0 Å². The molecule has 4 heteroatoms. The number of carbonyl (C=O) groups is 1. The number of ether oxygens (including phenoxy) is 1. The van der Waals surface area contributed by atoms with Crippen molar-refractivity contribution in [2.24, 2.45) is 0 Å². The number of aryl methyl sites for hydroxylation is 1. The third kappa shape index (κ3) is 2.07. The first-order chi connectivity index (χ1) is 11.7. The van der Waals surface area contributed by atoms with Crippen molar-refractivity contribution < 1.29 is 14.6 Å². The molecule has 1 heterocycles. The zero-order valence-corrected chi connectivity index (χ0v) is 13.6. The maximum Gasteiger partial charge on any atom is 0.196 e. The molecule has 3 aromatic rings. The lowest BCUT2D eigenvalue weighted by Gasteiger charge is -2.11. The molecule has 4 nitrogen and oxygen atoms in total. The SMILES string of the molecule is CCOCCCn1c2c(c3c(O)cccc31)C(=O)c1ccccc1-2. The topological polar surface area (TPSA) is 51.5 Å². The molecular formula is C20H19NO3. The minimum absolute atomic E-state index is 0.00402. The van der Waals surface area contributed by atoms with Gasteiger partial charge in [0.05, 0.1) is 22.2 Å². The quantitative estimate of drug-likeness (QED) is 0.566. The fourth-order valence-corrected chi connectivity index (χ4v) is 3.61. The predicted molar refractivity (Wildman–Crippen MR) is 93.6 cm³/mol. The molecule has 1 aromatic heterocycles. The average molecular weight is 321 g/mol. The fraction of sp³-hybridized carbons (Fsp3) is 0.250. The van der Waals surface area contributed by atoms with Crippen LogP contribution < -0.4 is 0 Å². The highest BCUT2D eigenvalue weighted by atomic mass is 16.5. The highest BCUT2D eigenvalue weighted by molar-refractivity contribution is 6.28. The van der Waals surface area contributed by atoms with Gasteiger partial charge in [0, 0.05) is 30.9 Å². The van der Waals surface area contributed by atoms with E-state index in [1.807, 2.05) is 43.3 Å². The van der Waals surface area contributed by atoms with E-state index in [-0.39, 0.29) is 11.5 Å². The van der Waals surface area contributed by atoms with Crippen LogP contribution in [0.15, 0.2) is 42.5 Å². The van der Waals surface area contributed by atoms with Gasteiger partial charge in [-0.3, -0.25) is 4.79 Å². The molecule has 0 spiro atoms. The van der Waals surface area contributed by atoms with Crippen LogP contribution in [0, 0.1) is 0 Å². The molecule has 1 aliphatic rings. The van der Waals surface area contributed by atoms with Crippen molar-refractivity contribution in [3.63, 3.8) is 0 Å². The Bertz CT molecular complexity index is 939. The summed E-state index contributed by atoms with van der Waals surface area (Å²) in [6.07, 6.45) is 0.857. The lowest BCUT2D eigenvalue weighted by atomic mass is 10.1. The molecule has 122 valence electrons. The number of rotatable bonds is 5. The molecule has 0 unspecified atom stereocenters. The molecule has 24 heavy (non-hydrogen) atoms. The van der Waals surface area contributed by atoms with Gasteiger partial charge in [-0.25, -0.2) is 0 Å². The molecule has 0 amide bonds. The molecule has 0 atom stereocenters. The van der Waals surface area contributed by atoms with Gasteiger partial charge < -0.3 is 14.4 Å². The number of phenolic OH excluding ortho intramolecular Hbond substituents is 1. The van der Waals surface area contributed by atoms with E-state index < -0.39 is 0 Å². The third-order valence-corrected chi connectivity index (χ3v) is 4.60. The Kier molecular flexibility index (Phi) is 3.62. The highest BCUT2D eigenvalue weighted by Crippen LogP contribution is 2.45. The number of hydrogen-bond acceptors (Lipinski definition) is 3. The van der Waals surface area contributed by atoms with Crippen LogP contribution in [0.25, 0.3) is 22.2 Å². The van der Waals surface area contributed by atoms with Crippen molar-refractivity contribution in [3.05, 3.63) is 53.6 Å². The summed E-state index contributed by atoms with van der Waals surface area (Å²) in [6, 6.07) is 13.1. The van der Waals surface area contributed by atoms with Crippen LogP contribution in [0.2, 0.25) is 0 Å². The summed E-state index contributed by atoms with van der Waals surface area (Å²) in [5.41, 5.74) is 4.11. The first-order valence-corrected chi connectivity index (χ1v) is 8.30. The van der Waals surface area contributed by atoms with E-state index in [9.17, 15) is 9.90 Å². The molecule has 1 aliphatic carbocycles. The first kappa shape index (κ1) is 15.0. The Labute approximate surface area is 140 Å². The van der Waals surface area contributed by atoms with Crippen LogP contribution in [0.1, 0.15) is 29.3 Å². The van der Waals surface area contributed by atoms with Gasteiger partial charge in [-0.2, -0.15) is 0 Å². The molecule has 4 rings (SSSR count). The average Bonchev–Trinajstić information content (AvgIpc) is 3.07. The van der Waals surface area contributed by atoms with E-state index in [2.05, 4.69) is 4.57 Å². The summed E-state index contributed by atoms with van der Waals surface area (Å²) in [4.78, 5) is 12.9. The number of aromatic hydroxyl groups is 1. The minimum Gasteiger partial charge on any atom is -0.507 e. The van der Waals surface area contributed by atoms with Crippen LogP contribution in [0.4, 0.5) is 0 Å². The molecule has 0 fully saturated rings. The number of hydrogen-bond donors (Lipinski definition) is 1. The Balaban J connectivity index is 1.93. The highest BCUT2D eigenvalue weighted by Gasteiger charge is 2.34. The molecule has 2 aromatic carbocycles. The summed E-state index contributed by atoms with van der Waals surface area (Å²) in [6.45, 7) is 4.11. The van der Waals surface area contributed by atoms with Gasteiger partial charge >= 0.3 is 0 Å². The summed E-state index contributed by atoms with van der Waals surface area (Å²) >= 11 is 0. The standard InChI is InChI=1S/C20H19NO3/c1-2-24-12-6-11-21-15-9-5-10-16(22)17(15)18-19(21)13-7-3-4-8-14(13)20(18)23/h3-5,7-10,22H,2,6,11-12H2,1H3. The molecule has 1 N–H and O–H groups in total. The van der Waals surface area contributed by atoms with Crippen LogP contribution in [-0.2, 0) is 11.3 Å². The fourth-order valence-electron chi connectivity index (χ4n) is 3.61. The largest absolute Gasteiger partial charge is 0.507 e.